The van der Waals surface area contributed by atoms with Gasteiger partial charge in [-0.3, -0.25) is 4.79 Å². The number of carbonyl (C=O) groups excluding carboxylic acids is 1. The lowest BCUT2D eigenvalue weighted by Gasteiger charge is -2.10. The third-order valence-electron chi connectivity index (χ3n) is 3.26. The van der Waals surface area contributed by atoms with Crippen molar-refractivity contribution in [2.45, 2.75) is 22.8 Å². The number of likely N-dealkylation sites (N-methyl/N-ethyl adjacent to an activating group) is 1. The Morgan fingerprint density at radius 3 is 2.84 bits per heavy atom. The van der Waals surface area contributed by atoms with Crippen molar-refractivity contribution in [3.8, 4) is 0 Å². The minimum absolute atomic E-state index is 0.281. The van der Waals surface area contributed by atoms with E-state index in [4.69, 9.17) is 4.42 Å². The molecule has 0 saturated carbocycles. The number of aliphatic hydroxyl groups is 1. The van der Waals surface area contributed by atoms with Crippen LogP contribution in [0.15, 0.2) is 44.7 Å². The molecule has 0 fully saturated rings. The Bertz CT molecular complexity index is 650. The number of aliphatic hydroxyl groups excluding tert-OH is 1. The molecular formula is C14H13NO3S. The highest BCUT2D eigenvalue weighted by Crippen LogP contribution is 2.39. The van der Waals surface area contributed by atoms with Crippen molar-refractivity contribution in [3.05, 3.63) is 41.9 Å². The molecule has 1 amide bonds. The van der Waals surface area contributed by atoms with Crippen molar-refractivity contribution in [1.29, 1.82) is 0 Å². The number of furan rings is 1. The maximum Gasteiger partial charge on any atom is 0.260 e. The van der Waals surface area contributed by atoms with Gasteiger partial charge in [-0.2, -0.15) is 0 Å². The molecule has 0 spiro atoms. The molecule has 19 heavy (non-hydrogen) atoms. The van der Waals surface area contributed by atoms with Gasteiger partial charge in [-0.15, -0.1) is 0 Å². The Morgan fingerprint density at radius 1 is 1.37 bits per heavy atom. The predicted molar refractivity (Wildman–Crippen MR) is 72.4 cm³/mol. The number of hydrogen-bond acceptors (Lipinski definition) is 4. The molecule has 1 aromatic carbocycles. The highest BCUT2D eigenvalue weighted by Gasteiger charge is 2.33. The Labute approximate surface area is 115 Å². The van der Waals surface area contributed by atoms with Crippen LogP contribution in [0.25, 0.3) is 0 Å². The normalized spacial score (nSPS) is 17.9. The van der Waals surface area contributed by atoms with Gasteiger partial charge in [0.2, 0.25) is 0 Å². The van der Waals surface area contributed by atoms with Crippen LogP contribution in [0.3, 0.4) is 0 Å². The summed E-state index contributed by atoms with van der Waals surface area (Å²) >= 11 is 1.58. The van der Waals surface area contributed by atoms with Crippen molar-refractivity contribution in [1.82, 2.24) is 0 Å². The van der Waals surface area contributed by atoms with Crippen LogP contribution < -0.4 is 4.90 Å². The fourth-order valence-electron chi connectivity index (χ4n) is 2.15. The predicted octanol–water partition coefficient (Wildman–Crippen LogP) is 2.75. The van der Waals surface area contributed by atoms with Gasteiger partial charge in [-0.1, -0.05) is 17.8 Å². The van der Waals surface area contributed by atoms with Gasteiger partial charge in [-0.25, -0.2) is 0 Å². The summed E-state index contributed by atoms with van der Waals surface area (Å²) in [7, 11) is 1.68. The van der Waals surface area contributed by atoms with Gasteiger partial charge in [0.05, 0.1) is 16.8 Å². The first-order valence-electron chi connectivity index (χ1n) is 5.89. The van der Waals surface area contributed by atoms with E-state index in [1.165, 1.54) is 4.90 Å². The second kappa shape index (κ2) is 4.43. The van der Waals surface area contributed by atoms with E-state index in [9.17, 15) is 9.90 Å². The Hall–Kier alpha value is -1.72. The summed E-state index contributed by atoms with van der Waals surface area (Å²) < 4.78 is 5.26. The van der Waals surface area contributed by atoms with E-state index in [0.717, 1.165) is 21.2 Å². The summed E-state index contributed by atoms with van der Waals surface area (Å²) in [6.07, 6.45) is 0.625. The van der Waals surface area contributed by atoms with Gasteiger partial charge < -0.3 is 14.4 Å². The monoisotopic (exact) mass is 275 g/mol. The van der Waals surface area contributed by atoms with Gasteiger partial charge in [0.1, 0.15) is 5.76 Å². The highest BCUT2D eigenvalue weighted by molar-refractivity contribution is 7.99. The summed E-state index contributed by atoms with van der Waals surface area (Å²) in [5, 5.41) is 9.80. The summed E-state index contributed by atoms with van der Waals surface area (Å²) in [5.74, 6) is 0.589. The lowest BCUT2D eigenvalue weighted by Crippen LogP contribution is -2.23. The molecule has 2 aromatic rings. The Morgan fingerprint density at radius 2 is 2.16 bits per heavy atom. The number of rotatable bonds is 2. The topological polar surface area (TPSA) is 53.7 Å². The summed E-state index contributed by atoms with van der Waals surface area (Å²) in [5.41, 5.74) is 1.43. The summed E-state index contributed by atoms with van der Waals surface area (Å²) in [6, 6.07) is 7.54. The third kappa shape index (κ3) is 1.95. The van der Waals surface area contributed by atoms with E-state index in [0.29, 0.717) is 5.56 Å². The van der Waals surface area contributed by atoms with E-state index in [-0.39, 0.29) is 5.91 Å². The zero-order valence-electron chi connectivity index (χ0n) is 10.6. The van der Waals surface area contributed by atoms with Gasteiger partial charge in [0, 0.05) is 17.5 Å². The van der Waals surface area contributed by atoms with E-state index in [1.54, 1.807) is 31.1 Å². The van der Waals surface area contributed by atoms with Gasteiger partial charge in [-0.05, 0) is 25.1 Å². The average molecular weight is 275 g/mol. The summed E-state index contributed by atoms with van der Waals surface area (Å²) in [4.78, 5) is 15.3. The molecule has 0 saturated heterocycles. The first kappa shape index (κ1) is 12.3. The average Bonchev–Trinajstić information content (AvgIpc) is 2.89. The van der Waals surface area contributed by atoms with Crippen molar-refractivity contribution in [3.63, 3.8) is 0 Å². The molecule has 1 N–H and O–H groups in total. The second-order valence-corrected chi connectivity index (χ2v) is 5.58. The molecule has 0 radical (unpaired) electrons. The maximum atomic E-state index is 11.7. The quantitative estimate of drug-likeness (QED) is 0.915. The van der Waals surface area contributed by atoms with Crippen LogP contribution in [0.2, 0.25) is 0 Å². The lowest BCUT2D eigenvalue weighted by atomic mass is 10.1. The SMILES string of the molecule is Cc1occc1Sc1ccc2c(c1)N(C)C(=O)C2O. The van der Waals surface area contributed by atoms with Crippen molar-refractivity contribution in [2.24, 2.45) is 0 Å². The molecular weight excluding hydrogens is 262 g/mol. The van der Waals surface area contributed by atoms with Crippen LogP contribution in [0.4, 0.5) is 5.69 Å². The number of nitrogens with zero attached hydrogens (tertiary/aromatic N) is 1. The fourth-order valence-corrected chi connectivity index (χ4v) is 3.03. The number of hydrogen-bond donors (Lipinski definition) is 1. The second-order valence-electron chi connectivity index (χ2n) is 4.46. The van der Waals surface area contributed by atoms with Crippen molar-refractivity contribution in [2.75, 3.05) is 11.9 Å². The molecule has 1 atom stereocenters. The molecule has 4 nitrogen and oxygen atoms in total. The zero-order valence-corrected chi connectivity index (χ0v) is 11.4. The molecule has 1 aromatic heterocycles. The number of benzene rings is 1. The molecule has 2 heterocycles. The lowest BCUT2D eigenvalue weighted by molar-refractivity contribution is -0.125. The van der Waals surface area contributed by atoms with Crippen LogP contribution in [-0.2, 0) is 4.79 Å². The molecule has 1 unspecified atom stereocenters. The van der Waals surface area contributed by atoms with E-state index < -0.39 is 6.10 Å². The number of amides is 1. The number of anilines is 1. The molecule has 0 bridgehead atoms. The van der Waals surface area contributed by atoms with E-state index >= 15 is 0 Å². The minimum Gasteiger partial charge on any atom is -0.468 e. The fraction of sp³-hybridized carbons (Fsp3) is 0.214. The maximum absolute atomic E-state index is 11.7. The number of aryl methyl sites for hydroxylation is 1. The van der Waals surface area contributed by atoms with Gasteiger partial charge >= 0.3 is 0 Å². The third-order valence-corrected chi connectivity index (χ3v) is 4.39. The van der Waals surface area contributed by atoms with Crippen molar-refractivity contribution >= 4 is 23.4 Å². The van der Waals surface area contributed by atoms with Crippen LogP contribution in [0, 0.1) is 6.92 Å². The number of carbonyl (C=O) groups is 1. The molecule has 1 aliphatic rings. The Balaban J connectivity index is 1.95. The Kier molecular flexibility index (Phi) is 2.88. The van der Waals surface area contributed by atoms with Crippen LogP contribution in [0.1, 0.15) is 17.4 Å². The summed E-state index contributed by atoms with van der Waals surface area (Å²) in [6.45, 7) is 1.91. The molecule has 0 aliphatic carbocycles. The van der Waals surface area contributed by atoms with Crippen LogP contribution >= 0.6 is 11.8 Å². The van der Waals surface area contributed by atoms with E-state index in [2.05, 4.69) is 0 Å². The number of fused-ring (bicyclic) bond motifs is 1. The van der Waals surface area contributed by atoms with E-state index in [1.807, 2.05) is 25.1 Å². The van der Waals surface area contributed by atoms with Crippen molar-refractivity contribution < 1.29 is 14.3 Å². The highest BCUT2D eigenvalue weighted by atomic mass is 32.2. The largest absolute Gasteiger partial charge is 0.468 e. The smallest absolute Gasteiger partial charge is 0.260 e. The zero-order chi connectivity index (χ0) is 13.6. The van der Waals surface area contributed by atoms with Crippen LogP contribution in [0.5, 0.6) is 0 Å². The van der Waals surface area contributed by atoms with Crippen LogP contribution in [-0.4, -0.2) is 18.1 Å². The molecule has 3 rings (SSSR count). The minimum atomic E-state index is -1.03. The first-order chi connectivity index (χ1) is 9.08. The first-order valence-corrected chi connectivity index (χ1v) is 6.71. The molecule has 1 aliphatic heterocycles. The molecule has 98 valence electrons. The van der Waals surface area contributed by atoms with Gasteiger partial charge in [0.15, 0.2) is 6.10 Å². The van der Waals surface area contributed by atoms with Gasteiger partial charge in [0.25, 0.3) is 5.91 Å². The standard InChI is InChI=1S/C14H13NO3S/c1-8-12(5-6-18-8)19-9-3-4-10-11(7-9)15(2)14(17)13(10)16/h3-7,13,16H,1-2H3. The molecule has 5 heteroatoms.